The first-order valence-corrected chi connectivity index (χ1v) is 6.18. The number of anilines is 3. The van der Waals surface area contributed by atoms with E-state index >= 15 is 0 Å². The number of rotatable bonds is 3. The minimum Gasteiger partial charge on any atom is -0.397 e. The number of hydrogen-bond donors (Lipinski definition) is 3. The van der Waals surface area contributed by atoms with Crippen molar-refractivity contribution in [3.8, 4) is 0 Å². The molecule has 0 aliphatic heterocycles. The van der Waals surface area contributed by atoms with Crippen molar-refractivity contribution in [1.82, 2.24) is 0 Å². The highest BCUT2D eigenvalue weighted by Gasteiger charge is 2.01. The van der Waals surface area contributed by atoms with Crippen LogP contribution < -0.4 is 16.2 Å². The van der Waals surface area contributed by atoms with Gasteiger partial charge in [-0.1, -0.05) is 23.7 Å². The predicted molar refractivity (Wildman–Crippen MR) is 76.2 cm³/mol. The Labute approximate surface area is 109 Å². The first-order chi connectivity index (χ1) is 8.16. The predicted octanol–water partition coefficient (Wildman–Crippen LogP) is 3.62. The van der Waals surface area contributed by atoms with Crippen molar-refractivity contribution >= 4 is 40.6 Å². The Bertz CT molecular complexity index is 531. The lowest BCUT2D eigenvalue weighted by Crippen LogP contribution is -1.95. The average molecular weight is 266 g/mol. The Hall–Kier alpha value is -1.52. The number of hydrogen-bond acceptors (Lipinski definition) is 4. The van der Waals surface area contributed by atoms with Gasteiger partial charge in [0.25, 0.3) is 0 Å². The van der Waals surface area contributed by atoms with Crippen molar-refractivity contribution < 1.29 is 0 Å². The van der Waals surface area contributed by atoms with E-state index < -0.39 is 0 Å². The molecule has 0 saturated carbocycles. The Morgan fingerprint density at radius 3 is 2.47 bits per heavy atom. The van der Waals surface area contributed by atoms with Crippen LogP contribution in [0.25, 0.3) is 0 Å². The smallest absolute Gasteiger partial charge is 0.0646 e. The van der Waals surface area contributed by atoms with E-state index in [0.717, 1.165) is 10.6 Å². The van der Waals surface area contributed by atoms with Gasteiger partial charge in [-0.2, -0.15) is 0 Å². The molecular formula is C12H12ClN3S. The third kappa shape index (κ3) is 2.99. The second kappa shape index (κ2) is 5.21. The van der Waals surface area contributed by atoms with Crippen molar-refractivity contribution in [2.24, 2.45) is 0 Å². The van der Waals surface area contributed by atoms with Crippen molar-refractivity contribution in [1.29, 1.82) is 0 Å². The highest BCUT2D eigenvalue weighted by molar-refractivity contribution is 8.00. The minimum absolute atomic E-state index is 0.580. The first kappa shape index (κ1) is 12.0. The van der Waals surface area contributed by atoms with Crippen LogP contribution in [-0.2, 0) is 0 Å². The molecular weight excluding hydrogens is 254 g/mol. The van der Waals surface area contributed by atoms with Crippen LogP contribution >= 0.6 is 23.5 Å². The summed E-state index contributed by atoms with van der Waals surface area (Å²) in [4.78, 5) is 0.983. The largest absolute Gasteiger partial charge is 0.397 e. The number of halogens is 1. The lowest BCUT2D eigenvalue weighted by Gasteiger charge is -2.08. The Kier molecular flexibility index (Phi) is 3.66. The molecule has 0 aliphatic carbocycles. The normalized spacial score (nSPS) is 10.2. The van der Waals surface area contributed by atoms with Gasteiger partial charge < -0.3 is 16.2 Å². The highest BCUT2D eigenvalue weighted by Crippen LogP contribution is 2.29. The van der Waals surface area contributed by atoms with Crippen LogP contribution in [0.4, 0.5) is 17.1 Å². The molecule has 2 aromatic rings. The van der Waals surface area contributed by atoms with Gasteiger partial charge in [0, 0.05) is 4.90 Å². The molecule has 0 aliphatic rings. The molecule has 0 atom stereocenters. The van der Waals surface area contributed by atoms with Gasteiger partial charge in [0.15, 0.2) is 0 Å². The van der Waals surface area contributed by atoms with E-state index in [1.165, 1.54) is 11.9 Å². The molecule has 0 unspecified atom stereocenters. The van der Waals surface area contributed by atoms with E-state index in [9.17, 15) is 0 Å². The number of benzene rings is 2. The molecule has 0 radical (unpaired) electrons. The maximum Gasteiger partial charge on any atom is 0.0646 e. The zero-order valence-corrected chi connectivity index (χ0v) is 10.6. The summed E-state index contributed by atoms with van der Waals surface area (Å²) in [5.41, 5.74) is 13.4. The number of nitrogens with one attached hydrogen (secondary N) is 1. The molecule has 0 spiro atoms. The van der Waals surface area contributed by atoms with Crippen LogP contribution in [0.2, 0.25) is 5.02 Å². The van der Waals surface area contributed by atoms with E-state index in [1.54, 1.807) is 6.07 Å². The summed E-state index contributed by atoms with van der Waals surface area (Å²) in [5.74, 6) is 0. The van der Waals surface area contributed by atoms with Crippen LogP contribution in [0.5, 0.6) is 0 Å². The zero-order valence-electron chi connectivity index (χ0n) is 8.98. The lowest BCUT2D eigenvalue weighted by atomic mass is 10.3. The summed E-state index contributed by atoms with van der Waals surface area (Å²) in [5, 5.41) is 0.684. The van der Waals surface area contributed by atoms with Crippen molar-refractivity contribution in [2.45, 2.75) is 4.90 Å². The van der Waals surface area contributed by atoms with Gasteiger partial charge in [-0.05, 0) is 42.3 Å². The molecule has 2 rings (SSSR count). The fourth-order valence-corrected chi connectivity index (χ4v) is 2.24. The van der Waals surface area contributed by atoms with Crippen LogP contribution in [-0.4, -0.2) is 0 Å². The highest BCUT2D eigenvalue weighted by atomic mass is 35.5. The van der Waals surface area contributed by atoms with Gasteiger partial charge in [-0.3, -0.25) is 0 Å². The number of nitrogen functional groups attached to an aromatic ring is 2. The van der Waals surface area contributed by atoms with Gasteiger partial charge in [0.05, 0.1) is 22.1 Å². The minimum atomic E-state index is 0.580. The topological polar surface area (TPSA) is 64.1 Å². The molecule has 0 amide bonds. The van der Waals surface area contributed by atoms with Crippen molar-refractivity contribution in [3.05, 3.63) is 47.5 Å². The summed E-state index contributed by atoms with van der Waals surface area (Å²) in [6.45, 7) is 0. The van der Waals surface area contributed by atoms with Crippen LogP contribution in [0, 0.1) is 0 Å². The van der Waals surface area contributed by atoms with Gasteiger partial charge >= 0.3 is 0 Å². The quantitative estimate of drug-likeness (QED) is 0.586. The third-order valence-electron chi connectivity index (χ3n) is 2.21. The van der Waals surface area contributed by atoms with Gasteiger partial charge in [0.2, 0.25) is 0 Å². The van der Waals surface area contributed by atoms with Crippen molar-refractivity contribution in [3.63, 3.8) is 0 Å². The molecule has 88 valence electrons. The fourth-order valence-electron chi connectivity index (χ4n) is 1.27. The van der Waals surface area contributed by atoms with E-state index in [1.807, 2.05) is 36.4 Å². The molecule has 3 nitrogen and oxygen atoms in total. The molecule has 0 bridgehead atoms. The van der Waals surface area contributed by atoms with Crippen LogP contribution in [0.3, 0.4) is 0 Å². The Morgan fingerprint density at radius 2 is 1.76 bits per heavy atom. The molecule has 0 saturated heterocycles. The van der Waals surface area contributed by atoms with E-state index in [2.05, 4.69) is 4.72 Å². The third-order valence-corrected chi connectivity index (χ3v) is 3.35. The van der Waals surface area contributed by atoms with Crippen molar-refractivity contribution in [2.75, 3.05) is 16.2 Å². The summed E-state index contributed by atoms with van der Waals surface area (Å²) < 4.78 is 3.16. The summed E-state index contributed by atoms with van der Waals surface area (Å²) in [6.07, 6.45) is 0. The second-order valence-corrected chi connectivity index (χ2v) is 4.76. The van der Waals surface area contributed by atoms with E-state index in [0.29, 0.717) is 16.4 Å². The van der Waals surface area contributed by atoms with E-state index in [4.69, 9.17) is 23.1 Å². The molecule has 17 heavy (non-hydrogen) atoms. The summed E-state index contributed by atoms with van der Waals surface area (Å²) >= 11 is 7.47. The standard InChI is InChI=1S/C12H12ClN3S/c13-9-3-1-2-4-12(9)16-17-8-5-6-10(14)11(15)7-8/h1-7,16H,14-15H2. The maximum absolute atomic E-state index is 6.03. The average Bonchev–Trinajstić information content (AvgIpc) is 2.32. The summed E-state index contributed by atoms with van der Waals surface area (Å²) in [7, 11) is 0. The SMILES string of the molecule is Nc1ccc(SNc2ccccc2Cl)cc1N. The monoisotopic (exact) mass is 265 g/mol. The van der Waals surface area contributed by atoms with Crippen LogP contribution in [0.1, 0.15) is 0 Å². The zero-order chi connectivity index (χ0) is 12.3. The molecule has 0 heterocycles. The van der Waals surface area contributed by atoms with E-state index in [-0.39, 0.29) is 0 Å². The van der Waals surface area contributed by atoms with Crippen LogP contribution in [0.15, 0.2) is 47.4 Å². The molecule has 5 N–H and O–H groups in total. The first-order valence-electron chi connectivity index (χ1n) is 4.99. The van der Waals surface area contributed by atoms with Gasteiger partial charge in [-0.25, -0.2) is 0 Å². The Balaban J connectivity index is 2.08. The molecule has 5 heteroatoms. The second-order valence-electron chi connectivity index (χ2n) is 3.47. The molecule has 0 fully saturated rings. The fraction of sp³-hybridized carbons (Fsp3) is 0. The maximum atomic E-state index is 6.03. The Morgan fingerprint density at radius 1 is 1.00 bits per heavy atom. The van der Waals surface area contributed by atoms with Gasteiger partial charge in [0.1, 0.15) is 0 Å². The number of para-hydroxylation sites is 1. The summed E-state index contributed by atoms with van der Waals surface area (Å²) in [6, 6.07) is 13.1. The molecule has 0 aromatic heterocycles. The van der Waals surface area contributed by atoms with Gasteiger partial charge in [-0.15, -0.1) is 0 Å². The lowest BCUT2D eigenvalue weighted by molar-refractivity contribution is 1.46. The molecule has 2 aromatic carbocycles. The number of nitrogens with two attached hydrogens (primary N) is 2.